The Morgan fingerprint density at radius 1 is 1.04 bits per heavy atom. The maximum atomic E-state index is 12.6. The van der Waals surface area contributed by atoms with Gasteiger partial charge in [-0.1, -0.05) is 48.5 Å². The van der Waals surface area contributed by atoms with E-state index in [4.69, 9.17) is 0 Å². The molecule has 1 atom stereocenters. The maximum Gasteiger partial charge on any atom is 0.317 e. The number of likely N-dealkylation sites (tertiary alicyclic amines) is 1. The van der Waals surface area contributed by atoms with Crippen LogP contribution in [0.1, 0.15) is 12.0 Å². The summed E-state index contributed by atoms with van der Waals surface area (Å²) in [7, 11) is -3.39. The minimum Gasteiger partial charge on any atom is -0.334 e. The molecule has 1 unspecified atom stereocenters. The zero-order chi connectivity index (χ0) is 17.0. The number of hydrogen-bond acceptors (Lipinski definition) is 3. The van der Waals surface area contributed by atoms with Gasteiger partial charge in [-0.3, -0.25) is 0 Å². The molecule has 1 fully saturated rings. The molecule has 5 nitrogen and oxygen atoms in total. The van der Waals surface area contributed by atoms with Crippen molar-refractivity contribution in [3.05, 3.63) is 66.2 Å². The van der Waals surface area contributed by atoms with Gasteiger partial charge in [0, 0.05) is 19.6 Å². The van der Waals surface area contributed by atoms with E-state index in [-0.39, 0.29) is 12.6 Å². The van der Waals surface area contributed by atoms with E-state index in [1.165, 1.54) is 0 Å². The molecule has 3 rings (SSSR count). The fourth-order valence-electron chi connectivity index (χ4n) is 2.85. The summed E-state index contributed by atoms with van der Waals surface area (Å²) >= 11 is 0. The van der Waals surface area contributed by atoms with Gasteiger partial charge in [-0.15, -0.1) is 0 Å². The molecule has 0 aromatic heterocycles. The number of benzene rings is 2. The van der Waals surface area contributed by atoms with Crippen LogP contribution in [0.15, 0.2) is 65.6 Å². The third-order valence-electron chi connectivity index (χ3n) is 4.23. The van der Waals surface area contributed by atoms with Crippen molar-refractivity contribution < 1.29 is 13.2 Å². The number of sulfone groups is 1. The molecule has 1 aliphatic rings. The minimum absolute atomic E-state index is 0.218. The number of carbonyl (C=O) groups is 1. The summed E-state index contributed by atoms with van der Waals surface area (Å²) < 4.78 is 25.2. The summed E-state index contributed by atoms with van der Waals surface area (Å²) in [5.41, 5.74) is 1.01. The van der Waals surface area contributed by atoms with Gasteiger partial charge in [0.05, 0.1) is 10.1 Å². The molecule has 2 amide bonds. The maximum absolute atomic E-state index is 12.6. The third kappa shape index (κ3) is 3.59. The molecule has 0 spiro atoms. The molecule has 0 saturated carbocycles. The molecule has 0 bridgehead atoms. The number of carbonyl (C=O) groups excluding carboxylic acids is 1. The summed E-state index contributed by atoms with van der Waals surface area (Å²) in [5, 5.41) is 2.31. The van der Waals surface area contributed by atoms with Crippen molar-refractivity contribution in [2.24, 2.45) is 0 Å². The second-order valence-electron chi connectivity index (χ2n) is 5.86. The Kier molecular flexibility index (Phi) is 4.85. The van der Waals surface area contributed by atoms with Gasteiger partial charge in [-0.2, -0.15) is 0 Å². The Bertz CT molecular complexity index is 792. The fraction of sp³-hybridized carbons (Fsp3) is 0.278. The summed E-state index contributed by atoms with van der Waals surface area (Å²) in [5.74, 6) is 0. The lowest BCUT2D eigenvalue weighted by atomic mass is 10.2. The number of urea groups is 1. The highest BCUT2D eigenvalue weighted by Crippen LogP contribution is 2.23. The van der Waals surface area contributed by atoms with E-state index in [1.807, 2.05) is 30.3 Å². The molecule has 6 heteroatoms. The monoisotopic (exact) mass is 344 g/mol. The smallest absolute Gasteiger partial charge is 0.317 e. The van der Waals surface area contributed by atoms with Crippen molar-refractivity contribution in [2.75, 3.05) is 13.1 Å². The first-order valence-electron chi connectivity index (χ1n) is 7.93. The summed E-state index contributed by atoms with van der Waals surface area (Å²) in [6.07, 6.45) is 0.468. The number of nitrogens with one attached hydrogen (secondary N) is 1. The van der Waals surface area contributed by atoms with Crippen molar-refractivity contribution >= 4 is 15.9 Å². The Morgan fingerprint density at radius 2 is 1.67 bits per heavy atom. The molecular weight excluding hydrogens is 324 g/mol. The van der Waals surface area contributed by atoms with E-state index in [9.17, 15) is 13.2 Å². The first-order chi connectivity index (χ1) is 11.6. The van der Waals surface area contributed by atoms with E-state index in [0.717, 1.165) is 5.56 Å². The second kappa shape index (κ2) is 7.05. The van der Waals surface area contributed by atoms with Crippen LogP contribution in [-0.2, 0) is 16.4 Å². The summed E-state index contributed by atoms with van der Waals surface area (Å²) in [6.45, 7) is 1.13. The predicted octanol–water partition coefficient (Wildman–Crippen LogP) is 2.44. The first kappa shape index (κ1) is 16.5. The van der Waals surface area contributed by atoms with Gasteiger partial charge in [0.1, 0.15) is 0 Å². The lowest BCUT2D eigenvalue weighted by Crippen LogP contribution is -2.39. The molecule has 24 heavy (non-hydrogen) atoms. The summed E-state index contributed by atoms with van der Waals surface area (Å²) in [6, 6.07) is 17.8. The zero-order valence-corrected chi connectivity index (χ0v) is 14.1. The van der Waals surface area contributed by atoms with Gasteiger partial charge in [-0.05, 0) is 24.1 Å². The average molecular weight is 344 g/mol. The van der Waals surface area contributed by atoms with E-state index in [1.54, 1.807) is 35.2 Å². The predicted molar refractivity (Wildman–Crippen MR) is 92.3 cm³/mol. The highest BCUT2D eigenvalue weighted by molar-refractivity contribution is 7.92. The van der Waals surface area contributed by atoms with Crippen LogP contribution in [0.25, 0.3) is 0 Å². The minimum atomic E-state index is -3.39. The normalized spacial score (nSPS) is 17.7. The molecule has 2 aromatic carbocycles. The Labute approximate surface area is 142 Å². The topological polar surface area (TPSA) is 66.5 Å². The van der Waals surface area contributed by atoms with Crippen LogP contribution >= 0.6 is 0 Å². The Morgan fingerprint density at radius 3 is 2.33 bits per heavy atom. The van der Waals surface area contributed by atoms with Gasteiger partial charge in [0.25, 0.3) is 0 Å². The molecule has 0 aliphatic carbocycles. The molecule has 2 aromatic rings. The van der Waals surface area contributed by atoms with Crippen LogP contribution in [0.4, 0.5) is 4.79 Å². The standard InChI is InChI=1S/C18H20N2O3S/c21-18(19-13-15-7-3-1-4-8-15)20-12-11-17(14-20)24(22,23)16-9-5-2-6-10-16/h1-10,17H,11-14H2,(H,19,21). The van der Waals surface area contributed by atoms with E-state index in [0.29, 0.717) is 24.4 Å². The van der Waals surface area contributed by atoms with Gasteiger partial charge in [-0.25, -0.2) is 13.2 Å². The van der Waals surface area contributed by atoms with Crippen LogP contribution in [-0.4, -0.2) is 37.7 Å². The SMILES string of the molecule is O=C(NCc1ccccc1)N1CCC(S(=O)(=O)c2ccccc2)C1. The van der Waals surface area contributed by atoms with Crippen molar-refractivity contribution in [3.8, 4) is 0 Å². The highest BCUT2D eigenvalue weighted by atomic mass is 32.2. The second-order valence-corrected chi connectivity index (χ2v) is 8.09. The first-order valence-corrected chi connectivity index (χ1v) is 9.47. The van der Waals surface area contributed by atoms with Gasteiger partial charge >= 0.3 is 6.03 Å². The van der Waals surface area contributed by atoms with Crippen LogP contribution in [0.5, 0.6) is 0 Å². The van der Waals surface area contributed by atoms with Crippen molar-refractivity contribution in [3.63, 3.8) is 0 Å². The quantitative estimate of drug-likeness (QED) is 0.926. The van der Waals surface area contributed by atoms with Crippen molar-refractivity contribution in [1.29, 1.82) is 0 Å². The van der Waals surface area contributed by atoms with Crippen LogP contribution in [0, 0.1) is 0 Å². The molecule has 1 aliphatic heterocycles. The van der Waals surface area contributed by atoms with Crippen LogP contribution < -0.4 is 5.32 Å². The number of nitrogens with zero attached hydrogens (tertiary/aromatic N) is 1. The highest BCUT2D eigenvalue weighted by Gasteiger charge is 2.35. The fourth-order valence-corrected chi connectivity index (χ4v) is 4.57. The van der Waals surface area contributed by atoms with Crippen LogP contribution in [0.2, 0.25) is 0 Å². The zero-order valence-electron chi connectivity index (χ0n) is 13.3. The molecule has 1 N–H and O–H groups in total. The molecule has 1 saturated heterocycles. The number of rotatable bonds is 4. The Hall–Kier alpha value is -2.34. The van der Waals surface area contributed by atoms with Gasteiger partial charge in [0.2, 0.25) is 0 Å². The summed E-state index contributed by atoms with van der Waals surface area (Å²) in [4.78, 5) is 14.1. The Balaban J connectivity index is 1.60. The lowest BCUT2D eigenvalue weighted by molar-refractivity contribution is 0.208. The number of amides is 2. The molecule has 0 radical (unpaired) electrons. The van der Waals surface area contributed by atoms with E-state index in [2.05, 4.69) is 5.32 Å². The lowest BCUT2D eigenvalue weighted by Gasteiger charge is -2.17. The molecular formula is C18H20N2O3S. The average Bonchev–Trinajstić information content (AvgIpc) is 3.12. The van der Waals surface area contributed by atoms with Crippen molar-refractivity contribution in [2.45, 2.75) is 23.1 Å². The van der Waals surface area contributed by atoms with Crippen LogP contribution in [0.3, 0.4) is 0 Å². The number of hydrogen-bond donors (Lipinski definition) is 1. The molecule has 126 valence electrons. The van der Waals surface area contributed by atoms with Gasteiger partial charge in [0.15, 0.2) is 9.84 Å². The van der Waals surface area contributed by atoms with E-state index >= 15 is 0 Å². The third-order valence-corrected chi connectivity index (χ3v) is 6.42. The van der Waals surface area contributed by atoms with Gasteiger partial charge < -0.3 is 10.2 Å². The van der Waals surface area contributed by atoms with E-state index < -0.39 is 15.1 Å². The largest absolute Gasteiger partial charge is 0.334 e. The van der Waals surface area contributed by atoms with Crippen molar-refractivity contribution in [1.82, 2.24) is 10.2 Å². The molecule has 1 heterocycles.